The Morgan fingerprint density at radius 2 is 2.00 bits per heavy atom. The van der Waals surface area contributed by atoms with E-state index < -0.39 is 0 Å². The fraction of sp³-hybridized carbons (Fsp3) is 0.667. The summed E-state index contributed by atoms with van der Waals surface area (Å²) in [5, 5.41) is 8.60. The maximum atomic E-state index is 10.9. The topological polar surface area (TPSA) is 37.3 Å². The second kappa shape index (κ2) is 6.10. The lowest BCUT2D eigenvalue weighted by atomic mass is 10.1. The molecule has 0 bridgehead atoms. The van der Waals surface area contributed by atoms with Crippen LogP contribution < -0.4 is 0 Å². The average Bonchev–Trinajstić information content (AvgIpc) is 2.03. The van der Waals surface area contributed by atoms with Crippen LogP contribution in [0.2, 0.25) is 0 Å². The first-order valence-electron chi connectivity index (χ1n) is 4.07. The lowest BCUT2D eigenvalue weighted by Gasteiger charge is -1.99. The van der Waals surface area contributed by atoms with E-state index in [1.54, 1.807) is 6.08 Å². The highest BCUT2D eigenvalue weighted by Crippen LogP contribution is 2.05. The highest BCUT2D eigenvalue weighted by molar-refractivity contribution is 5.89. The van der Waals surface area contributed by atoms with Gasteiger partial charge in [-0.3, -0.25) is 4.79 Å². The van der Waals surface area contributed by atoms with E-state index in [1.807, 2.05) is 13.8 Å². The Bertz CT molecular complexity index is 148. The molecule has 2 heteroatoms. The number of carbonyl (C=O) groups is 1. The molecular formula is C9H16O2. The van der Waals surface area contributed by atoms with Crippen LogP contribution in [0, 0.1) is 0 Å². The smallest absolute Gasteiger partial charge is 0.155 e. The van der Waals surface area contributed by atoms with Crippen LogP contribution in [0.15, 0.2) is 11.6 Å². The first-order valence-corrected chi connectivity index (χ1v) is 4.07. The first kappa shape index (κ1) is 10.4. The Morgan fingerprint density at radius 3 is 2.36 bits per heavy atom. The van der Waals surface area contributed by atoms with Crippen molar-refractivity contribution >= 4 is 5.78 Å². The fourth-order valence-electron chi connectivity index (χ4n) is 0.824. The molecule has 2 nitrogen and oxygen atoms in total. The molecule has 0 spiro atoms. The maximum absolute atomic E-state index is 10.9. The number of allylic oxidation sites excluding steroid dienone is 1. The van der Waals surface area contributed by atoms with Gasteiger partial charge in [-0.15, -0.1) is 0 Å². The molecule has 0 aliphatic heterocycles. The zero-order valence-electron chi connectivity index (χ0n) is 7.26. The molecule has 11 heavy (non-hydrogen) atoms. The van der Waals surface area contributed by atoms with Gasteiger partial charge in [0.05, 0.1) is 0 Å². The van der Waals surface area contributed by atoms with E-state index in [1.165, 1.54) is 0 Å². The Balaban J connectivity index is 3.99. The molecule has 0 aromatic heterocycles. The molecule has 0 heterocycles. The molecule has 0 saturated carbocycles. The van der Waals surface area contributed by atoms with Gasteiger partial charge in [0.2, 0.25) is 0 Å². The zero-order chi connectivity index (χ0) is 8.69. The summed E-state index contributed by atoms with van der Waals surface area (Å²) in [6.07, 6.45) is 3.68. The zero-order valence-corrected chi connectivity index (χ0v) is 7.26. The second-order valence-corrected chi connectivity index (χ2v) is 2.45. The Kier molecular flexibility index (Phi) is 5.75. The van der Waals surface area contributed by atoms with Crippen LogP contribution in [0.3, 0.4) is 0 Å². The molecule has 0 unspecified atom stereocenters. The number of carbonyl (C=O) groups excluding carboxylic acids is 1. The number of rotatable bonds is 5. The van der Waals surface area contributed by atoms with Gasteiger partial charge in [-0.25, -0.2) is 0 Å². The van der Waals surface area contributed by atoms with E-state index in [-0.39, 0.29) is 12.4 Å². The second-order valence-electron chi connectivity index (χ2n) is 2.45. The molecule has 0 saturated heterocycles. The summed E-state index contributed by atoms with van der Waals surface area (Å²) in [6.45, 7) is 3.96. The van der Waals surface area contributed by atoms with Crippen molar-refractivity contribution in [2.75, 3.05) is 6.61 Å². The normalized spacial score (nSPS) is 11.7. The minimum Gasteiger partial charge on any atom is -0.396 e. The monoisotopic (exact) mass is 156 g/mol. The molecule has 0 amide bonds. The highest BCUT2D eigenvalue weighted by atomic mass is 16.3. The molecular weight excluding hydrogens is 140 g/mol. The number of aliphatic hydroxyl groups is 1. The summed E-state index contributed by atoms with van der Waals surface area (Å²) >= 11 is 0. The summed E-state index contributed by atoms with van der Waals surface area (Å²) < 4.78 is 0. The van der Waals surface area contributed by atoms with Gasteiger partial charge in [-0.05, 0) is 18.9 Å². The molecule has 0 aromatic rings. The first-order chi connectivity index (χ1) is 5.24. The van der Waals surface area contributed by atoms with Gasteiger partial charge in [-0.1, -0.05) is 19.4 Å². The number of hydrogen-bond donors (Lipinski definition) is 1. The quantitative estimate of drug-likeness (QED) is 0.615. The SMILES string of the molecule is CCC(=O)C=C(CC)CCO. The average molecular weight is 156 g/mol. The van der Waals surface area contributed by atoms with Crippen molar-refractivity contribution in [2.45, 2.75) is 33.1 Å². The number of ketones is 1. The van der Waals surface area contributed by atoms with Crippen molar-refractivity contribution in [2.24, 2.45) is 0 Å². The predicted octanol–water partition coefficient (Wildman–Crippen LogP) is 1.68. The Hall–Kier alpha value is -0.630. The summed E-state index contributed by atoms with van der Waals surface area (Å²) in [5.74, 6) is 0.148. The molecule has 0 aliphatic carbocycles. The molecule has 0 atom stereocenters. The van der Waals surface area contributed by atoms with Crippen molar-refractivity contribution in [3.63, 3.8) is 0 Å². The minimum atomic E-state index is 0.136. The third-order valence-corrected chi connectivity index (χ3v) is 1.60. The van der Waals surface area contributed by atoms with Crippen LogP contribution in [0.1, 0.15) is 33.1 Å². The molecule has 0 fully saturated rings. The largest absolute Gasteiger partial charge is 0.396 e. The van der Waals surface area contributed by atoms with E-state index in [0.29, 0.717) is 12.8 Å². The molecule has 0 aliphatic rings. The Morgan fingerprint density at radius 1 is 1.36 bits per heavy atom. The third kappa shape index (κ3) is 4.73. The summed E-state index contributed by atoms with van der Waals surface area (Å²) in [4.78, 5) is 10.9. The van der Waals surface area contributed by atoms with Gasteiger partial charge in [0, 0.05) is 13.0 Å². The number of aliphatic hydroxyl groups excluding tert-OH is 1. The fourth-order valence-corrected chi connectivity index (χ4v) is 0.824. The van der Waals surface area contributed by atoms with Crippen LogP contribution in [-0.2, 0) is 4.79 Å². The van der Waals surface area contributed by atoms with Crippen molar-refractivity contribution in [1.82, 2.24) is 0 Å². The van der Waals surface area contributed by atoms with Crippen LogP contribution in [0.4, 0.5) is 0 Å². The van der Waals surface area contributed by atoms with Crippen LogP contribution in [0.5, 0.6) is 0 Å². The van der Waals surface area contributed by atoms with E-state index >= 15 is 0 Å². The van der Waals surface area contributed by atoms with Crippen LogP contribution in [-0.4, -0.2) is 17.5 Å². The summed E-state index contributed by atoms with van der Waals surface area (Å²) in [7, 11) is 0. The van der Waals surface area contributed by atoms with Crippen molar-refractivity contribution in [1.29, 1.82) is 0 Å². The van der Waals surface area contributed by atoms with Gasteiger partial charge in [0.15, 0.2) is 5.78 Å². The van der Waals surface area contributed by atoms with Gasteiger partial charge >= 0.3 is 0 Å². The molecule has 0 rings (SSSR count). The third-order valence-electron chi connectivity index (χ3n) is 1.60. The van der Waals surface area contributed by atoms with Crippen molar-refractivity contribution < 1.29 is 9.90 Å². The van der Waals surface area contributed by atoms with Gasteiger partial charge < -0.3 is 5.11 Å². The molecule has 1 N–H and O–H groups in total. The summed E-state index contributed by atoms with van der Waals surface area (Å²) in [6, 6.07) is 0. The lowest BCUT2D eigenvalue weighted by molar-refractivity contribution is -0.114. The maximum Gasteiger partial charge on any atom is 0.155 e. The minimum absolute atomic E-state index is 0.136. The van der Waals surface area contributed by atoms with Gasteiger partial charge in [-0.2, -0.15) is 0 Å². The molecule has 0 aromatic carbocycles. The van der Waals surface area contributed by atoms with Gasteiger partial charge in [0.1, 0.15) is 0 Å². The van der Waals surface area contributed by atoms with E-state index in [2.05, 4.69) is 0 Å². The molecule has 0 radical (unpaired) electrons. The highest BCUT2D eigenvalue weighted by Gasteiger charge is 1.96. The van der Waals surface area contributed by atoms with E-state index in [0.717, 1.165) is 12.0 Å². The van der Waals surface area contributed by atoms with E-state index in [4.69, 9.17) is 5.11 Å². The van der Waals surface area contributed by atoms with Crippen LogP contribution in [0.25, 0.3) is 0 Å². The number of hydrogen-bond acceptors (Lipinski definition) is 2. The lowest BCUT2D eigenvalue weighted by Crippen LogP contribution is -1.94. The summed E-state index contributed by atoms with van der Waals surface area (Å²) in [5.41, 5.74) is 1.04. The van der Waals surface area contributed by atoms with E-state index in [9.17, 15) is 4.79 Å². The van der Waals surface area contributed by atoms with Crippen molar-refractivity contribution in [3.8, 4) is 0 Å². The Labute approximate surface area is 67.9 Å². The predicted molar refractivity (Wildman–Crippen MR) is 45.4 cm³/mol. The van der Waals surface area contributed by atoms with Gasteiger partial charge in [0.25, 0.3) is 0 Å². The van der Waals surface area contributed by atoms with Crippen molar-refractivity contribution in [3.05, 3.63) is 11.6 Å². The van der Waals surface area contributed by atoms with Crippen LogP contribution >= 0.6 is 0 Å². The molecule has 64 valence electrons. The standard InChI is InChI=1S/C9H16O2/c1-3-8(5-6-10)7-9(11)4-2/h7,10H,3-6H2,1-2H3.